The Balaban J connectivity index is 1.83. The SMILES string of the molecule is O=C(CNC(=O)c1cccc(F)c1)N/N=C/c1ccc(O)cc1O. The lowest BCUT2D eigenvalue weighted by atomic mass is 10.2. The van der Waals surface area contributed by atoms with Gasteiger partial charge in [0.05, 0.1) is 12.8 Å². The fourth-order valence-electron chi connectivity index (χ4n) is 1.75. The molecule has 0 aliphatic heterocycles. The molecule has 4 N–H and O–H groups in total. The average molecular weight is 331 g/mol. The van der Waals surface area contributed by atoms with Crippen LogP contribution in [0.4, 0.5) is 4.39 Å². The van der Waals surface area contributed by atoms with Crippen LogP contribution in [-0.2, 0) is 4.79 Å². The summed E-state index contributed by atoms with van der Waals surface area (Å²) in [4.78, 5) is 23.3. The molecule has 0 spiro atoms. The molecule has 0 fully saturated rings. The third-order valence-corrected chi connectivity index (χ3v) is 2.90. The first-order valence-corrected chi connectivity index (χ1v) is 6.83. The van der Waals surface area contributed by atoms with Gasteiger partial charge in [-0.25, -0.2) is 9.82 Å². The van der Waals surface area contributed by atoms with Crippen molar-refractivity contribution in [2.24, 2.45) is 5.10 Å². The molecule has 124 valence electrons. The third-order valence-electron chi connectivity index (χ3n) is 2.90. The Morgan fingerprint density at radius 2 is 1.96 bits per heavy atom. The molecule has 0 heterocycles. The van der Waals surface area contributed by atoms with Crippen molar-refractivity contribution < 1.29 is 24.2 Å². The molecule has 8 heteroatoms. The molecule has 0 atom stereocenters. The summed E-state index contributed by atoms with van der Waals surface area (Å²) in [5.74, 6) is -2.05. The lowest BCUT2D eigenvalue weighted by Gasteiger charge is -2.04. The minimum atomic E-state index is -0.603. The van der Waals surface area contributed by atoms with E-state index in [1.54, 1.807) is 0 Å². The maximum atomic E-state index is 13.0. The number of hydrazone groups is 1. The maximum absolute atomic E-state index is 13.0. The number of carbonyl (C=O) groups is 2. The van der Waals surface area contributed by atoms with Crippen molar-refractivity contribution in [3.05, 3.63) is 59.4 Å². The maximum Gasteiger partial charge on any atom is 0.259 e. The highest BCUT2D eigenvalue weighted by atomic mass is 19.1. The zero-order chi connectivity index (χ0) is 17.5. The van der Waals surface area contributed by atoms with E-state index >= 15 is 0 Å². The minimum absolute atomic E-state index is 0.0975. The first-order valence-electron chi connectivity index (χ1n) is 6.83. The molecule has 0 bridgehead atoms. The molecule has 0 aromatic heterocycles. The quantitative estimate of drug-likeness (QED) is 0.486. The second-order valence-electron chi connectivity index (χ2n) is 4.73. The average Bonchev–Trinajstić information content (AvgIpc) is 2.54. The first-order chi connectivity index (χ1) is 11.5. The molecule has 2 amide bonds. The molecule has 24 heavy (non-hydrogen) atoms. The summed E-state index contributed by atoms with van der Waals surface area (Å²) < 4.78 is 13.0. The molecular formula is C16H14FN3O4. The number of nitrogens with one attached hydrogen (secondary N) is 2. The van der Waals surface area contributed by atoms with Crippen molar-refractivity contribution >= 4 is 18.0 Å². The number of hydrogen-bond acceptors (Lipinski definition) is 5. The molecule has 7 nitrogen and oxygen atoms in total. The number of rotatable bonds is 5. The van der Waals surface area contributed by atoms with Crippen molar-refractivity contribution in [1.29, 1.82) is 0 Å². The number of phenolic OH excluding ortho intramolecular Hbond substituents is 2. The van der Waals surface area contributed by atoms with E-state index in [1.165, 1.54) is 36.5 Å². The summed E-state index contributed by atoms with van der Waals surface area (Å²) in [5.41, 5.74) is 2.55. The number of halogens is 1. The highest BCUT2D eigenvalue weighted by Gasteiger charge is 2.08. The number of benzene rings is 2. The zero-order valence-corrected chi connectivity index (χ0v) is 12.4. The van der Waals surface area contributed by atoms with E-state index in [0.29, 0.717) is 0 Å². The van der Waals surface area contributed by atoms with Gasteiger partial charge in [-0.15, -0.1) is 0 Å². The number of amides is 2. The van der Waals surface area contributed by atoms with E-state index in [2.05, 4.69) is 15.8 Å². The van der Waals surface area contributed by atoms with Crippen LogP contribution in [0.2, 0.25) is 0 Å². The van der Waals surface area contributed by atoms with Crippen molar-refractivity contribution in [2.45, 2.75) is 0 Å². The lowest BCUT2D eigenvalue weighted by Crippen LogP contribution is -2.34. The Labute approximate surface area is 136 Å². The Hall–Kier alpha value is -3.42. The van der Waals surface area contributed by atoms with Crippen LogP contribution in [0.1, 0.15) is 15.9 Å². The largest absolute Gasteiger partial charge is 0.508 e. The summed E-state index contributed by atoms with van der Waals surface area (Å²) in [6.07, 6.45) is 1.18. The molecule has 0 saturated heterocycles. The van der Waals surface area contributed by atoms with Gasteiger partial charge in [0.1, 0.15) is 17.3 Å². The van der Waals surface area contributed by atoms with Crippen LogP contribution < -0.4 is 10.7 Å². The van der Waals surface area contributed by atoms with E-state index in [0.717, 1.165) is 12.1 Å². The van der Waals surface area contributed by atoms with Crippen LogP contribution in [0.15, 0.2) is 47.6 Å². The van der Waals surface area contributed by atoms with Crippen LogP contribution in [-0.4, -0.2) is 34.8 Å². The van der Waals surface area contributed by atoms with Crippen LogP contribution in [0.3, 0.4) is 0 Å². The Bertz CT molecular complexity index is 793. The van der Waals surface area contributed by atoms with Gasteiger partial charge in [0.2, 0.25) is 0 Å². The van der Waals surface area contributed by atoms with Gasteiger partial charge < -0.3 is 15.5 Å². The summed E-state index contributed by atoms with van der Waals surface area (Å²) in [7, 11) is 0. The van der Waals surface area contributed by atoms with E-state index in [4.69, 9.17) is 5.11 Å². The highest BCUT2D eigenvalue weighted by Crippen LogP contribution is 2.20. The molecule has 2 aromatic carbocycles. The second-order valence-corrected chi connectivity index (χ2v) is 4.73. The molecule has 0 unspecified atom stereocenters. The summed E-state index contributed by atoms with van der Waals surface area (Å²) in [6.45, 7) is -0.353. The van der Waals surface area contributed by atoms with Crippen molar-refractivity contribution in [3.8, 4) is 11.5 Å². The van der Waals surface area contributed by atoms with E-state index in [9.17, 15) is 19.1 Å². The van der Waals surface area contributed by atoms with Crippen molar-refractivity contribution in [2.75, 3.05) is 6.54 Å². The van der Waals surface area contributed by atoms with Gasteiger partial charge in [-0.2, -0.15) is 5.10 Å². The Morgan fingerprint density at radius 3 is 2.67 bits per heavy atom. The molecule has 2 rings (SSSR count). The summed E-state index contributed by atoms with van der Waals surface area (Å²) in [6, 6.07) is 8.95. The number of hydrogen-bond donors (Lipinski definition) is 4. The van der Waals surface area contributed by atoms with Gasteiger partial charge >= 0.3 is 0 Å². The van der Waals surface area contributed by atoms with Crippen molar-refractivity contribution in [3.63, 3.8) is 0 Å². The summed E-state index contributed by atoms with van der Waals surface area (Å²) >= 11 is 0. The predicted molar refractivity (Wildman–Crippen MR) is 84.2 cm³/mol. The van der Waals surface area contributed by atoms with Crippen molar-refractivity contribution in [1.82, 2.24) is 10.7 Å². The number of aromatic hydroxyl groups is 2. The fraction of sp³-hybridized carbons (Fsp3) is 0.0625. The smallest absolute Gasteiger partial charge is 0.259 e. The highest BCUT2D eigenvalue weighted by molar-refractivity contribution is 5.96. The number of phenols is 2. The number of carbonyl (C=O) groups excluding carboxylic acids is 2. The van der Waals surface area contributed by atoms with Gasteiger partial charge in [-0.3, -0.25) is 9.59 Å². The topological polar surface area (TPSA) is 111 Å². The normalized spacial score (nSPS) is 10.5. The molecule has 0 aliphatic carbocycles. The molecular weight excluding hydrogens is 317 g/mol. The minimum Gasteiger partial charge on any atom is -0.508 e. The molecule has 0 aliphatic rings. The second kappa shape index (κ2) is 7.73. The van der Waals surface area contributed by atoms with Crippen LogP contribution >= 0.6 is 0 Å². The molecule has 0 radical (unpaired) electrons. The predicted octanol–water partition coefficient (Wildman–Crippen LogP) is 1.12. The zero-order valence-electron chi connectivity index (χ0n) is 12.4. The first kappa shape index (κ1) is 16.9. The van der Waals surface area contributed by atoms with Gasteiger partial charge in [-0.05, 0) is 30.3 Å². The standard InChI is InChI=1S/C16H14FN3O4/c17-12-3-1-2-10(6-12)16(24)18-9-15(23)20-19-8-11-4-5-13(21)7-14(11)22/h1-8,21-22H,9H2,(H,18,24)(H,20,23)/b19-8+. The van der Waals surface area contributed by atoms with E-state index in [-0.39, 0.29) is 29.2 Å². The van der Waals surface area contributed by atoms with Gasteiger partial charge in [0.15, 0.2) is 0 Å². The van der Waals surface area contributed by atoms with Crippen LogP contribution in [0.25, 0.3) is 0 Å². The van der Waals surface area contributed by atoms with Crippen LogP contribution in [0, 0.1) is 5.82 Å². The van der Waals surface area contributed by atoms with Crippen LogP contribution in [0.5, 0.6) is 11.5 Å². The lowest BCUT2D eigenvalue weighted by molar-refractivity contribution is -0.120. The Morgan fingerprint density at radius 1 is 1.17 bits per heavy atom. The summed E-state index contributed by atoms with van der Waals surface area (Å²) in [5, 5.41) is 24.6. The van der Waals surface area contributed by atoms with Gasteiger partial charge in [0.25, 0.3) is 11.8 Å². The fourth-order valence-corrected chi connectivity index (χ4v) is 1.75. The Kier molecular flexibility index (Phi) is 5.45. The van der Waals surface area contributed by atoms with Gasteiger partial charge in [0, 0.05) is 17.2 Å². The number of nitrogens with zero attached hydrogens (tertiary/aromatic N) is 1. The monoisotopic (exact) mass is 331 g/mol. The molecule has 2 aromatic rings. The van der Waals surface area contributed by atoms with E-state index < -0.39 is 17.6 Å². The third kappa shape index (κ3) is 4.80. The van der Waals surface area contributed by atoms with Gasteiger partial charge in [-0.1, -0.05) is 6.07 Å². The van der Waals surface area contributed by atoms with E-state index in [1.807, 2.05) is 0 Å². The molecule has 0 saturated carbocycles.